The van der Waals surface area contributed by atoms with Crippen molar-refractivity contribution in [2.75, 3.05) is 13.2 Å². The summed E-state index contributed by atoms with van der Waals surface area (Å²) >= 11 is 5.95. The zero-order valence-electron chi connectivity index (χ0n) is 10.3. The van der Waals surface area contributed by atoms with Crippen LogP contribution >= 0.6 is 11.6 Å². The highest BCUT2D eigenvalue weighted by Gasteiger charge is 2.30. The third-order valence-corrected chi connectivity index (χ3v) is 3.79. The molecule has 0 aromatic carbocycles. The Labute approximate surface area is 112 Å². The Balaban J connectivity index is 2.19. The van der Waals surface area contributed by atoms with Gasteiger partial charge in [0.25, 0.3) is 5.91 Å². The van der Waals surface area contributed by atoms with E-state index in [1.165, 1.54) is 0 Å². The fourth-order valence-corrected chi connectivity index (χ4v) is 2.51. The summed E-state index contributed by atoms with van der Waals surface area (Å²) in [5.41, 5.74) is 0.435. The number of rotatable bonds is 2. The SMILES string of the molecule is CC1CCC(CO)CN1C(=O)c1cccnc1Cl. The molecule has 1 saturated heterocycles. The number of aliphatic hydroxyl groups excluding tert-OH is 1. The summed E-state index contributed by atoms with van der Waals surface area (Å²) in [5.74, 6) is 0.0688. The maximum Gasteiger partial charge on any atom is 0.257 e. The van der Waals surface area contributed by atoms with Crippen molar-refractivity contribution in [2.24, 2.45) is 5.92 Å². The van der Waals surface area contributed by atoms with Crippen LogP contribution < -0.4 is 0 Å². The van der Waals surface area contributed by atoms with Gasteiger partial charge in [0.05, 0.1) is 5.56 Å². The number of likely N-dealkylation sites (tertiary alicyclic amines) is 1. The minimum absolute atomic E-state index is 0.0984. The second-order valence-electron chi connectivity index (χ2n) is 4.77. The Morgan fingerprint density at radius 1 is 1.61 bits per heavy atom. The van der Waals surface area contributed by atoms with Gasteiger partial charge in [-0.1, -0.05) is 11.6 Å². The molecule has 0 radical (unpaired) electrons. The maximum atomic E-state index is 12.4. The number of aliphatic hydroxyl groups is 1. The van der Waals surface area contributed by atoms with Crippen molar-refractivity contribution in [1.82, 2.24) is 9.88 Å². The molecule has 2 rings (SSSR count). The predicted molar refractivity (Wildman–Crippen MR) is 69.6 cm³/mol. The standard InChI is InChI=1S/C13H17ClN2O2/c1-9-4-5-10(8-17)7-16(9)13(18)11-3-2-6-15-12(11)14/h2-3,6,9-10,17H,4-5,7-8H2,1H3. The Bertz CT molecular complexity index is 439. The molecule has 18 heavy (non-hydrogen) atoms. The monoisotopic (exact) mass is 268 g/mol. The summed E-state index contributed by atoms with van der Waals surface area (Å²) < 4.78 is 0. The molecule has 1 amide bonds. The smallest absolute Gasteiger partial charge is 0.257 e. The van der Waals surface area contributed by atoms with E-state index in [1.54, 1.807) is 23.2 Å². The van der Waals surface area contributed by atoms with Gasteiger partial charge in [-0.3, -0.25) is 4.79 Å². The first-order chi connectivity index (χ1) is 8.63. The molecule has 1 aliphatic heterocycles. The minimum atomic E-state index is -0.0984. The van der Waals surface area contributed by atoms with E-state index in [4.69, 9.17) is 11.6 Å². The molecule has 1 N–H and O–H groups in total. The number of aromatic nitrogens is 1. The van der Waals surface area contributed by atoms with Crippen molar-refractivity contribution in [3.8, 4) is 0 Å². The van der Waals surface area contributed by atoms with Crippen LogP contribution in [-0.2, 0) is 0 Å². The van der Waals surface area contributed by atoms with Gasteiger partial charge >= 0.3 is 0 Å². The number of halogens is 1. The fraction of sp³-hybridized carbons (Fsp3) is 0.538. The third kappa shape index (κ3) is 2.65. The van der Waals surface area contributed by atoms with Crippen molar-refractivity contribution < 1.29 is 9.90 Å². The average molecular weight is 269 g/mol. The Morgan fingerprint density at radius 3 is 3.06 bits per heavy atom. The average Bonchev–Trinajstić information content (AvgIpc) is 2.39. The highest BCUT2D eigenvalue weighted by Crippen LogP contribution is 2.24. The molecular formula is C13H17ClN2O2. The molecule has 0 spiro atoms. The van der Waals surface area contributed by atoms with Gasteiger partial charge in [-0.25, -0.2) is 4.98 Å². The molecule has 1 aromatic rings. The lowest BCUT2D eigenvalue weighted by Gasteiger charge is -2.37. The summed E-state index contributed by atoms with van der Waals surface area (Å²) in [5, 5.41) is 9.46. The highest BCUT2D eigenvalue weighted by molar-refractivity contribution is 6.32. The van der Waals surface area contributed by atoms with Crippen LogP contribution in [-0.4, -0.2) is 40.1 Å². The molecule has 1 fully saturated rings. The van der Waals surface area contributed by atoms with Gasteiger partial charge in [0.2, 0.25) is 0 Å². The second-order valence-corrected chi connectivity index (χ2v) is 5.13. The van der Waals surface area contributed by atoms with E-state index in [0.29, 0.717) is 12.1 Å². The van der Waals surface area contributed by atoms with Crippen LogP contribution in [0.15, 0.2) is 18.3 Å². The first-order valence-electron chi connectivity index (χ1n) is 6.15. The van der Waals surface area contributed by atoms with Gasteiger partial charge in [0.1, 0.15) is 5.15 Å². The number of amides is 1. The van der Waals surface area contributed by atoms with Crippen LogP contribution in [0.4, 0.5) is 0 Å². The first kappa shape index (κ1) is 13.3. The van der Waals surface area contributed by atoms with Crippen LogP contribution in [0.5, 0.6) is 0 Å². The van der Waals surface area contributed by atoms with Crippen molar-refractivity contribution in [3.63, 3.8) is 0 Å². The molecule has 0 saturated carbocycles. The van der Waals surface area contributed by atoms with Crippen LogP contribution in [0.3, 0.4) is 0 Å². The molecule has 98 valence electrons. The summed E-state index contributed by atoms with van der Waals surface area (Å²) in [7, 11) is 0. The summed E-state index contributed by atoms with van der Waals surface area (Å²) in [6.07, 6.45) is 3.44. The lowest BCUT2D eigenvalue weighted by molar-refractivity contribution is 0.0488. The topological polar surface area (TPSA) is 53.4 Å². The van der Waals surface area contributed by atoms with Crippen molar-refractivity contribution in [2.45, 2.75) is 25.8 Å². The lowest BCUT2D eigenvalue weighted by Crippen LogP contribution is -2.46. The lowest BCUT2D eigenvalue weighted by atomic mass is 9.93. The number of hydrogen-bond donors (Lipinski definition) is 1. The van der Waals surface area contributed by atoms with Crippen LogP contribution in [0.25, 0.3) is 0 Å². The molecule has 0 aliphatic carbocycles. The Morgan fingerprint density at radius 2 is 2.39 bits per heavy atom. The van der Waals surface area contributed by atoms with Gasteiger partial charge in [0.15, 0.2) is 0 Å². The zero-order valence-corrected chi connectivity index (χ0v) is 11.1. The van der Waals surface area contributed by atoms with E-state index in [9.17, 15) is 9.90 Å². The van der Waals surface area contributed by atoms with E-state index in [-0.39, 0.29) is 29.6 Å². The molecule has 2 unspecified atom stereocenters. The summed E-state index contributed by atoms with van der Waals surface area (Å²) in [6, 6.07) is 3.57. The quantitative estimate of drug-likeness (QED) is 0.835. The van der Waals surface area contributed by atoms with Crippen LogP contribution in [0.1, 0.15) is 30.1 Å². The molecule has 0 bridgehead atoms. The Hall–Kier alpha value is -1.13. The fourth-order valence-electron chi connectivity index (χ4n) is 2.31. The van der Waals surface area contributed by atoms with E-state index in [1.807, 2.05) is 6.92 Å². The van der Waals surface area contributed by atoms with Gasteiger partial charge in [-0.15, -0.1) is 0 Å². The van der Waals surface area contributed by atoms with Crippen LogP contribution in [0.2, 0.25) is 5.15 Å². The number of carbonyl (C=O) groups is 1. The predicted octanol–water partition coefficient (Wildman–Crippen LogP) is 1.97. The number of carbonyl (C=O) groups excluding carboxylic acids is 1. The Kier molecular flexibility index (Phi) is 4.19. The van der Waals surface area contributed by atoms with Gasteiger partial charge in [0, 0.05) is 25.4 Å². The van der Waals surface area contributed by atoms with Crippen LogP contribution in [0, 0.1) is 5.92 Å². The summed E-state index contributed by atoms with van der Waals surface area (Å²) in [6.45, 7) is 2.73. The third-order valence-electron chi connectivity index (χ3n) is 3.49. The molecule has 4 nitrogen and oxygen atoms in total. The van der Waals surface area contributed by atoms with Crippen molar-refractivity contribution in [1.29, 1.82) is 0 Å². The number of pyridine rings is 1. The van der Waals surface area contributed by atoms with Crippen molar-refractivity contribution in [3.05, 3.63) is 29.0 Å². The second kappa shape index (κ2) is 5.67. The largest absolute Gasteiger partial charge is 0.396 e. The number of piperidine rings is 1. The van der Waals surface area contributed by atoms with Crippen molar-refractivity contribution >= 4 is 17.5 Å². The minimum Gasteiger partial charge on any atom is -0.396 e. The molecule has 2 atom stereocenters. The number of nitrogens with zero attached hydrogens (tertiary/aromatic N) is 2. The van der Waals surface area contributed by atoms with Gasteiger partial charge < -0.3 is 10.0 Å². The molecule has 1 aliphatic rings. The molecule has 2 heterocycles. The summed E-state index contributed by atoms with van der Waals surface area (Å²) in [4.78, 5) is 18.1. The molecule has 5 heteroatoms. The molecule has 1 aromatic heterocycles. The normalized spacial score (nSPS) is 24.1. The maximum absolute atomic E-state index is 12.4. The van der Waals surface area contributed by atoms with Gasteiger partial charge in [-0.2, -0.15) is 0 Å². The molecular weight excluding hydrogens is 252 g/mol. The highest BCUT2D eigenvalue weighted by atomic mass is 35.5. The number of hydrogen-bond acceptors (Lipinski definition) is 3. The van der Waals surface area contributed by atoms with E-state index < -0.39 is 0 Å². The van der Waals surface area contributed by atoms with E-state index in [2.05, 4.69) is 4.98 Å². The van der Waals surface area contributed by atoms with Gasteiger partial charge in [-0.05, 0) is 37.8 Å². The first-order valence-corrected chi connectivity index (χ1v) is 6.53. The van der Waals surface area contributed by atoms with E-state index >= 15 is 0 Å². The van der Waals surface area contributed by atoms with E-state index in [0.717, 1.165) is 12.8 Å². The zero-order chi connectivity index (χ0) is 13.1.